The Hall–Kier alpha value is -4.11. The molecule has 1 fully saturated rings. The summed E-state index contributed by atoms with van der Waals surface area (Å²) in [5.74, 6) is 1.57. The number of carbonyl (C=O) groups is 2. The van der Waals surface area contributed by atoms with Crippen LogP contribution in [0.4, 0.5) is 0 Å². The Morgan fingerprint density at radius 2 is 1.59 bits per heavy atom. The zero-order valence-electron chi connectivity index (χ0n) is 26.5. The van der Waals surface area contributed by atoms with Gasteiger partial charge < -0.3 is 72.0 Å². The number of fused-ring (bicyclic) bond motifs is 1. The number of hydrogen-bond acceptors (Lipinski definition) is 10. The Morgan fingerprint density at radius 1 is 0.913 bits per heavy atom. The van der Waals surface area contributed by atoms with Crippen LogP contribution in [0.25, 0.3) is 0 Å². The van der Waals surface area contributed by atoms with Gasteiger partial charge in [0.1, 0.15) is 35.5 Å². The van der Waals surface area contributed by atoms with E-state index >= 15 is 0 Å². The lowest BCUT2D eigenvalue weighted by molar-refractivity contribution is -0.926. The molecule has 1 atom stereocenters. The van der Waals surface area contributed by atoms with Crippen LogP contribution in [0.1, 0.15) is 34.0 Å². The van der Waals surface area contributed by atoms with Crippen LogP contribution in [0.15, 0.2) is 42.5 Å². The molecule has 1 unspecified atom stereocenters. The normalized spacial score (nSPS) is 16.8. The maximum atomic E-state index is 13.1. The first kappa shape index (κ1) is 34.8. The van der Waals surface area contributed by atoms with Crippen LogP contribution < -0.4 is 52.4 Å². The number of ketones is 1. The van der Waals surface area contributed by atoms with E-state index < -0.39 is 6.10 Å². The minimum atomic E-state index is -0.683. The van der Waals surface area contributed by atoms with E-state index in [-0.39, 0.29) is 77.3 Å². The number of nitrogens with zero attached hydrogens (tertiary/aromatic N) is 2. The van der Waals surface area contributed by atoms with Crippen LogP contribution in [0.2, 0.25) is 0 Å². The van der Waals surface area contributed by atoms with Crippen molar-refractivity contribution in [3.63, 3.8) is 0 Å². The number of halogens is 1. The fraction of sp³-hybridized carbons (Fsp3) is 0.394. The van der Waals surface area contributed by atoms with Gasteiger partial charge in [-0.25, -0.2) is 0 Å². The summed E-state index contributed by atoms with van der Waals surface area (Å²) in [5.41, 5.74) is 1.62. The van der Waals surface area contributed by atoms with E-state index in [1.165, 1.54) is 25.3 Å². The largest absolute Gasteiger partial charge is 1.00 e. The van der Waals surface area contributed by atoms with Gasteiger partial charge in [0, 0.05) is 12.1 Å². The highest BCUT2D eigenvalue weighted by molar-refractivity contribution is 6.02. The lowest BCUT2D eigenvalue weighted by atomic mass is 9.95. The summed E-state index contributed by atoms with van der Waals surface area (Å²) in [6.07, 6.45) is -0.700. The highest BCUT2D eigenvalue weighted by Crippen LogP contribution is 2.43. The standard InChI is InChI=1S/C33H38N2O10.HI/c1-35(18-21-7-9-27(41-3)33(43-5)32(21)42-4)12-10-34(11-13-35)30(39)19-44-22-15-24(37)31-25(38)17-28(45-29(31)16-22)20-6-8-26(40-2)23(36)14-20;/h6-9,14-16,28H,10-13,17-19H2,1-5H3,(H-,36,37,38);1H. The SMILES string of the molecule is COc1ccc(C2CC(=O)c3c(O)cc(OCC(=O)N4CC[N+](C)(Cc5ccc(OC)c(OC)c5OC)CC4)cc3O2)cc1O.[I-]. The maximum absolute atomic E-state index is 13.1. The van der Waals surface area contributed by atoms with Crippen LogP contribution in [-0.4, -0.2) is 99.6 Å². The molecule has 2 aliphatic heterocycles. The molecule has 46 heavy (non-hydrogen) atoms. The second kappa shape index (κ2) is 14.5. The van der Waals surface area contributed by atoms with Gasteiger partial charge in [-0.05, 0) is 29.8 Å². The molecular formula is C33H39IN2O10. The zero-order chi connectivity index (χ0) is 32.3. The number of phenolic OH excluding ortho intramolecular Hbond substituents is 2. The van der Waals surface area contributed by atoms with Gasteiger partial charge in [-0.1, -0.05) is 6.07 Å². The van der Waals surface area contributed by atoms with Crippen LogP contribution in [0, 0.1) is 0 Å². The van der Waals surface area contributed by atoms with E-state index in [4.69, 9.17) is 28.4 Å². The summed E-state index contributed by atoms with van der Waals surface area (Å²) < 4.78 is 34.2. The van der Waals surface area contributed by atoms with Crippen molar-refractivity contribution in [1.29, 1.82) is 0 Å². The van der Waals surface area contributed by atoms with Crippen molar-refractivity contribution in [1.82, 2.24) is 4.90 Å². The van der Waals surface area contributed by atoms with Crippen molar-refractivity contribution in [3.05, 3.63) is 59.2 Å². The third-order valence-corrected chi connectivity index (χ3v) is 8.42. The molecule has 2 N–H and O–H groups in total. The van der Waals surface area contributed by atoms with E-state index in [1.54, 1.807) is 38.4 Å². The van der Waals surface area contributed by atoms with E-state index in [2.05, 4.69) is 7.05 Å². The fourth-order valence-electron chi connectivity index (χ4n) is 5.88. The smallest absolute Gasteiger partial charge is 0.260 e. The zero-order valence-corrected chi connectivity index (χ0v) is 28.7. The first-order valence-electron chi connectivity index (χ1n) is 14.6. The number of carbonyl (C=O) groups excluding carboxylic acids is 2. The van der Waals surface area contributed by atoms with Crippen molar-refractivity contribution < 1.29 is 76.7 Å². The number of aromatic hydroxyl groups is 2. The lowest BCUT2D eigenvalue weighted by Crippen LogP contribution is -3.00. The van der Waals surface area contributed by atoms with E-state index in [0.29, 0.717) is 52.7 Å². The monoisotopic (exact) mass is 750 g/mol. The number of Topliss-reactive ketones (excluding diaryl/α,β-unsaturated/α-hetero) is 1. The van der Waals surface area contributed by atoms with Gasteiger partial charge >= 0.3 is 0 Å². The molecule has 12 nitrogen and oxygen atoms in total. The Bertz CT molecular complexity index is 1590. The summed E-state index contributed by atoms with van der Waals surface area (Å²) in [5, 5.41) is 20.8. The fourth-order valence-corrected chi connectivity index (χ4v) is 5.88. The van der Waals surface area contributed by atoms with Crippen LogP contribution in [0.5, 0.6) is 46.0 Å². The van der Waals surface area contributed by atoms with Crippen LogP contribution in [0.3, 0.4) is 0 Å². The number of ether oxygens (including phenoxy) is 6. The molecule has 13 heteroatoms. The maximum Gasteiger partial charge on any atom is 0.260 e. The third kappa shape index (κ3) is 7.15. The minimum absolute atomic E-state index is 0. The molecule has 0 saturated carbocycles. The molecule has 0 aliphatic carbocycles. The second-order valence-electron chi connectivity index (χ2n) is 11.4. The van der Waals surface area contributed by atoms with Gasteiger partial charge in [-0.15, -0.1) is 0 Å². The second-order valence-corrected chi connectivity index (χ2v) is 11.4. The molecule has 5 rings (SSSR count). The molecule has 0 spiro atoms. The lowest BCUT2D eigenvalue weighted by Gasteiger charge is -2.42. The molecule has 3 aromatic carbocycles. The molecule has 0 radical (unpaired) electrons. The topological polar surface area (TPSA) is 133 Å². The van der Waals surface area contributed by atoms with Gasteiger partial charge in [0.2, 0.25) is 5.75 Å². The number of phenols is 2. The van der Waals surface area contributed by atoms with Crippen molar-refractivity contribution in [3.8, 4) is 46.0 Å². The number of amides is 1. The molecule has 2 heterocycles. The first-order chi connectivity index (χ1) is 21.6. The number of quaternary nitrogens is 1. The number of methoxy groups -OCH3 is 4. The summed E-state index contributed by atoms with van der Waals surface area (Å²) in [7, 11) is 8.36. The first-order valence-corrected chi connectivity index (χ1v) is 14.6. The number of rotatable bonds is 10. The third-order valence-electron chi connectivity index (χ3n) is 8.42. The van der Waals surface area contributed by atoms with Gasteiger partial charge in [0.05, 0.1) is 73.7 Å². The average Bonchev–Trinajstić information content (AvgIpc) is 3.03. The molecule has 248 valence electrons. The Kier molecular flexibility index (Phi) is 11.0. The van der Waals surface area contributed by atoms with Gasteiger partial charge in [0.25, 0.3) is 5.91 Å². The van der Waals surface area contributed by atoms with Crippen molar-refractivity contribution in [2.45, 2.75) is 19.1 Å². The molecule has 3 aromatic rings. The van der Waals surface area contributed by atoms with Crippen molar-refractivity contribution in [2.75, 3.05) is 68.3 Å². The molecule has 0 bridgehead atoms. The van der Waals surface area contributed by atoms with Crippen molar-refractivity contribution >= 4 is 11.7 Å². The van der Waals surface area contributed by atoms with E-state index in [0.717, 1.165) is 18.7 Å². The quantitative estimate of drug-likeness (QED) is 0.226. The van der Waals surface area contributed by atoms with Gasteiger partial charge in [-0.2, -0.15) is 0 Å². The summed E-state index contributed by atoms with van der Waals surface area (Å²) >= 11 is 0. The average molecular weight is 751 g/mol. The molecule has 1 amide bonds. The van der Waals surface area contributed by atoms with Crippen LogP contribution >= 0.6 is 0 Å². The Balaban J connectivity index is 0.00000480. The molecule has 2 aliphatic rings. The molecule has 1 saturated heterocycles. The number of piperazine rings is 1. The minimum Gasteiger partial charge on any atom is -1.00 e. The van der Waals surface area contributed by atoms with Crippen molar-refractivity contribution in [2.24, 2.45) is 0 Å². The number of likely N-dealkylation sites (N-methyl/N-ethyl adjacent to an activating group) is 1. The summed E-state index contributed by atoms with van der Waals surface area (Å²) in [4.78, 5) is 27.8. The Labute approximate surface area is 284 Å². The summed E-state index contributed by atoms with van der Waals surface area (Å²) in [6.45, 7) is 2.97. The van der Waals surface area contributed by atoms with Gasteiger partial charge in [0.15, 0.2) is 35.4 Å². The van der Waals surface area contributed by atoms with E-state index in [1.807, 2.05) is 12.1 Å². The molecular weight excluding hydrogens is 711 g/mol. The number of benzene rings is 3. The highest BCUT2D eigenvalue weighted by Gasteiger charge is 2.34. The highest BCUT2D eigenvalue weighted by atomic mass is 127. The molecule has 0 aromatic heterocycles. The van der Waals surface area contributed by atoms with Crippen LogP contribution in [-0.2, 0) is 11.3 Å². The predicted molar refractivity (Wildman–Crippen MR) is 163 cm³/mol. The summed E-state index contributed by atoms with van der Waals surface area (Å²) in [6, 6.07) is 11.4. The van der Waals surface area contributed by atoms with E-state index in [9.17, 15) is 19.8 Å². The van der Waals surface area contributed by atoms with Gasteiger partial charge in [-0.3, -0.25) is 9.59 Å². The number of hydrogen-bond donors (Lipinski definition) is 2. The predicted octanol–water partition coefficient (Wildman–Crippen LogP) is 0.711. The Morgan fingerprint density at radius 3 is 2.22 bits per heavy atom.